The Balaban J connectivity index is 1.47. The molecule has 0 bridgehead atoms. The van der Waals surface area contributed by atoms with Crippen LogP contribution in [-0.2, 0) is 29.0 Å². The van der Waals surface area contributed by atoms with Gasteiger partial charge in [-0.05, 0) is 17.2 Å². The lowest BCUT2D eigenvalue weighted by Gasteiger charge is -2.25. The molecule has 0 fully saturated rings. The van der Waals surface area contributed by atoms with Crippen LogP contribution in [0.1, 0.15) is 16.7 Å². The van der Waals surface area contributed by atoms with Crippen molar-refractivity contribution in [2.24, 2.45) is 0 Å². The minimum atomic E-state index is -1.27. The minimum absolute atomic E-state index is 0.182. The third-order valence-electron chi connectivity index (χ3n) is 5.22. The summed E-state index contributed by atoms with van der Waals surface area (Å²) >= 11 is 0. The van der Waals surface area contributed by atoms with Crippen LogP contribution in [0.15, 0.2) is 54.7 Å². The molecule has 1 aliphatic heterocycles. The van der Waals surface area contributed by atoms with Crippen molar-refractivity contribution in [2.45, 2.75) is 31.5 Å². The molecule has 2 atom stereocenters. The summed E-state index contributed by atoms with van der Waals surface area (Å²) < 4.78 is 0. The Kier molecular flexibility index (Phi) is 4.64. The van der Waals surface area contributed by atoms with E-state index >= 15 is 0 Å². The molecule has 2 aromatic carbocycles. The van der Waals surface area contributed by atoms with Crippen LogP contribution < -0.4 is 15.7 Å². The third-order valence-corrected chi connectivity index (χ3v) is 5.22. The average molecular weight is 363 g/mol. The molecule has 3 aromatic rings. The smallest absolute Gasteiger partial charge is 0.279 e. The fraction of sp³-hybridized carbons (Fsp3) is 0.238. The van der Waals surface area contributed by atoms with Gasteiger partial charge in [0.25, 0.3) is 5.91 Å². The number of aromatic amines is 1. The second kappa shape index (κ2) is 7.25. The molecule has 0 spiro atoms. The van der Waals surface area contributed by atoms with Gasteiger partial charge in [0.2, 0.25) is 0 Å². The topological polar surface area (TPSA) is 102 Å². The Morgan fingerprint density at radius 1 is 1.15 bits per heavy atom. The number of para-hydroxylation sites is 1. The number of nitrogens with one attached hydrogen (secondary N) is 2. The number of hydrogen-bond acceptors (Lipinski definition) is 3. The first-order valence-electron chi connectivity index (χ1n) is 9.08. The summed E-state index contributed by atoms with van der Waals surface area (Å²) in [5, 5.41) is 17.2. The van der Waals surface area contributed by atoms with E-state index in [1.54, 1.807) is 6.20 Å². The van der Waals surface area contributed by atoms with Gasteiger partial charge < -0.3 is 25.5 Å². The number of quaternary nitrogens is 1. The van der Waals surface area contributed by atoms with E-state index in [4.69, 9.17) is 0 Å². The van der Waals surface area contributed by atoms with Gasteiger partial charge in [-0.15, -0.1) is 0 Å². The lowest BCUT2D eigenvalue weighted by molar-refractivity contribution is -0.695. The van der Waals surface area contributed by atoms with E-state index < -0.39 is 12.0 Å². The van der Waals surface area contributed by atoms with Crippen LogP contribution in [0.4, 0.5) is 0 Å². The number of benzene rings is 2. The van der Waals surface area contributed by atoms with E-state index in [-0.39, 0.29) is 18.4 Å². The second-order valence-electron chi connectivity index (χ2n) is 6.96. The lowest BCUT2D eigenvalue weighted by atomic mass is 9.95. The summed E-state index contributed by atoms with van der Waals surface area (Å²) in [5.74, 6) is -1.54. The number of carbonyl (C=O) groups excluding carboxylic acids is 2. The standard InChI is InChI=1S/C21H21N3O3/c25-20(18-9-13-5-1-2-6-14(13)11-23-18)24-19(21(26)27)10-15-12-22-17-8-4-3-7-16(15)17/h1-8,12,18-19,22-23H,9-11H2,(H,24,25)(H,26,27)/t18-,19-/m0/s1. The van der Waals surface area contributed by atoms with Crippen LogP contribution in [0.2, 0.25) is 0 Å². The Bertz CT molecular complexity index is 995. The Morgan fingerprint density at radius 2 is 1.89 bits per heavy atom. The van der Waals surface area contributed by atoms with Crippen molar-refractivity contribution in [2.75, 3.05) is 0 Å². The quantitative estimate of drug-likeness (QED) is 0.577. The molecular weight excluding hydrogens is 342 g/mol. The molecule has 0 unspecified atom stereocenters. The number of hydrogen-bond donors (Lipinski definition) is 3. The average Bonchev–Trinajstić information content (AvgIpc) is 3.10. The van der Waals surface area contributed by atoms with Gasteiger partial charge >= 0.3 is 0 Å². The molecule has 0 aliphatic carbocycles. The maximum absolute atomic E-state index is 12.7. The first-order chi connectivity index (χ1) is 13.1. The summed E-state index contributed by atoms with van der Waals surface area (Å²) in [6.45, 7) is 0.715. The molecule has 0 saturated carbocycles. The van der Waals surface area contributed by atoms with Crippen LogP contribution in [-0.4, -0.2) is 28.9 Å². The van der Waals surface area contributed by atoms with Gasteiger partial charge in [0, 0.05) is 35.5 Å². The van der Waals surface area contributed by atoms with Crippen LogP contribution >= 0.6 is 0 Å². The number of amides is 1. The second-order valence-corrected chi connectivity index (χ2v) is 6.96. The number of aliphatic carboxylic acids is 1. The van der Waals surface area contributed by atoms with E-state index in [2.05, 4.69) is 16.4 Å². The number of H-pyrrole nitrogens is 1. The zero-order chi connectivity index (χ0) is 18.8. The van der Waals surface area contributed by atoms with Gasteiger partial charge in [0.05, 0.1) is 12.0 Å². The fourth-order valence-corrected chi connectivity index (χ4v) is 3.74. The molecule has 27 heavy (non-hydrogen) atoms. The molecular formula is C21H21N3O3. The highest BCUT2D eigenvalue weighted by Crippen LogP contribution is 2.19. The summed E-state index contributed by atoms with van der Waals surface area (Å²) in [5.41, 5.74) is 4.14. The SMILES string of the molecule is O=C([O-])[C@H](Cc1c[nH]c2ccccc12)NC(=O)[C@@H]1Cc2ccccc2C[NH2+]1. The molecule has 0 radical (unpaired) electrons. The molecule has 4 N–H and O–H groups in total. The first kappa shape index (κ1) is 17.3. The van der Waals surface area contributed by atoms with Crippen LogP contribution in [0.25, 0.3) is 10.9 Å². The largest absolute Gasteiger partial charge is 0.548 e. The summed E-state index contributed by atoms with van der Waals surface area (Å²) in [6, 6.07) is 14.3. The van der Waals surface area contributed by atoms with Crippen molar-refractivity contribution >= 4 is 22.8 Å². The zero-order valence-corrected chi connectivity index (χ0v) is 14.8. The fourth-order valence-electron chi connectivity index (χ4n) is 3.74. The number of aromatic nitrogens is 1. The summed E-state index contributed by atoms with van der Waals surface area (Å²) in [4.78, 5) is 27.4. The van der Waals surface area contributed by atoms with E-state index in [0.717, 1.165) is 22.0 Å². The van der Waals surface area contributed by atoms with E-state index in [1.165, 1.54) is 5.56 Å². The summed E-state index contributed by atoms with van der Waals surface area (Å²) in [6.07, 6.45) is 2.56. The van der Waals surface area contributed by atoms with Gasteiger partial charge in [-0.1, -0.05) is 42.5 Å². The van der Waals surface area contributed by atoms with Crippen molar-refractivity contribution in [3.8, 4) is 0 Å². The van der Waals surface area contributed by atoms with Crippen molar-refractivity contribution in [1.29, 1.82) is 0 Å². The third kappa shape index (κ3) is 3.57. The minimum Gasteiger partial charge on any atom is -0.548 e. The Hall–Kier alpha value is -3.12. The van der Waals surface area contributed by atoms with E-state index in [0.29, 0.717) is 13.0 Å². The molecule has 1 amide bonds. The monoisotopic (exact) mass is 363 g/mol. The van der Waals surface area contributed by atoms with Gasteiger partial charge in [-0.25, -0.2) is 0 Å². The number of carbonyl (C=O) groups is 2. The first-order valence-corrected chi connectivity index (χ1v) is 9.08. The van der Waals surface area contributed by atoms with Crippen molar-refractivity contribution in [1.82, 2.24) is 10.3 Å². The summed E-state index contributed by atoms with van der Waals surface area (Å²) in [7, 11) is 0. The molecule has 138 valence electrons. The molecule has 2 heterocycles. The van der Waals surface area contributed by atoms with Crippen LogP contribution in [0, 0.1) is 0 Å². The lowest BCUT2D eigenvalue weighted by Crippen LogP contribution is -2.93. The maximum atomic E-state index is 12.7. The highest BCUT2D eigenvalue weighted by atomic mass is 16.4. The number of rotatable bonds is 5. The maximum Gasteiger partial charge on any atom is 0.279 e. The molecule has 0 saturated heterocycles. The number of fused-ring (bicyclic) bond motifs is 2. The predicted molar refractivity (Wildman–Crippen MR) is 98.5 cm³/mol. The predicted octanol–water partition coefficient (Wildman–Crippen LogP) is -0.367. The zero-order valence-electron chi connectivity index (χ0n) is 14.8. The van der Waals surface area contributed by atoms with Gasteiger partial charge in [-0.3, -0.25) is 4.79 Å². The van der Waals surface area contributed by atoms with E-state index in [9.17, 15) is 14.7 Å². The van der Waals surface area contributed by atoms with Crippen molar-refractivity contribution in [3.05, 3.63) is 71.4 Å². The number of nitrogens with two attached hydrogens (primary N) is 1. The Morgan fingerprint density at radius 3 is 2.70 bits per heavy atom. The normalized spacial score (nSPS) is 17.3. The van der Waals surface area contributed by atoms with Crippen molar-refractivity contribution < 1.29 is 20.0 Å². The van der Waals surface area contributed by atoms with Crippen molar-refractivity contribution in [3.63, 3.8) is 0 Å². The molecule has 6 heteroatoms. The molecule has 6 nitrogen and oxygen atoms in total. The van der Waals surface area contributed by atoms with Crippen LogP contribution in [0.3, 0.4) is 0 Å². The highest BCUT2D eigenvalue weighted by molar-refractivity contribution is 5.87. The van der Waals surface area contributed by atoms with Gasteiger partial charge in [-0.2, -0.15) is 0 Å². The Labute approximate surface area is 156 Å². The molecule has 1 aliphatic rings. The van der Waals surface area contributed by atoms with Gasteiger partial charge in [0.15, 0.2) is 6.04 Å². The molecule has 1 aromatic heterocycles. The van der Waals surface area contributed by atoms with E-state index in [1.807, 2.05) is 47.8 Å². The highest BCUT2D eigenvalue weighted by Gasteiger charge is 2.29. The molecule has 4 rings (SSSR count). The van der Waals surface area contributed by atoms with Gasteiger partial charge in [0.1, 0.15) is 6.54 Å². The number of carboxylic acid groups (broad SMARTS) is 1. The van der Waals surface area contributed by atoms with Crippen LogP contribution in [0.5, 0.6) is 0 Å². The number of carboxylic acids is 1.